The second kappa shape index (κ2) is 6.25. The van der Waals surface area contributed by atoms with Crippen LogP contribution in [0.4, 0.5) is 11.4 Å². The molecule has 2 unspecified atom stereocenters. The maximum absolute atomic E-state index is 10.8. The van der Waals surface area contributed by atoms with E-state index in [1.54, 1.807) is 12.1 Å². The van der Waals surface area contributed by atoms with Crippen LogP contribution in [0.2, 0.25) is 0 Å². The van der Waals surface area contributed by atoms with E-state index in [1.807, 2.05) is 18.8 Å². The van der Waals surface area contributed by atoms with Crippen molar-refractivity contribution in [2.24, 2.45) is 0 Å². The number of nitrogens with zero attached hydrogens (tertiary/aromatic N) is 1. The third kappa shape index (κ3) is 3.39. The average molecular weight is 282 g/mol. The average Bonchev–Trinajstić information content (AvgIpc) is 2.81. The van der Waals surface area contributed by atoms with Gasteiger partial charge in [-0.25, -0.2) is 0 Å². The molecule has 1 saturated heterocycles. The van der Waals surface area contributed by atoms with Gasteiger partial charge in [0.05, 0.1) is 11.0 Å². The molecule has 0 radical (unpaired) electrons. The van der Waals surface area contributed by atoms with Crippen molar-refractivity contribution in [3.63, 3.8) is 0 Å². The van der Waals surface area contributed by atoms with Crippen molar-refractivity contribution in [2.75, 3.05) is 19.0 Å². The van der Waals surface area contributed by atoms with Gasteiger partial charge in [-0.1, -0.05) is 0 Å². The lowest BCUT2D eigenvalue weighted by Crippen LogP contribution is -2.13. The number of nitrogens with one attached hydrogen (secondary N) is 1. The van der Waals surface area contributed by atoms with Gasteiger partial charge < -0.3 is 10.1 Å². The van der Waals surface area contributed by atoms with E-state index in [-0.39, 0.29) is 16.7 Å². The Morgan fingerprint density at radius 1 is 1.58 bits per heavy atom. The van der Waals surface area contributed by atoms with Crippen LogP contribution in [0.15, 0.2) is 18.2 Å². The molecule has 1 heterocycles. The molecule has 1 aliphatic rings. The molecule has 0 saturated carbocycles. The van der Waals surface area contributed by atoms with Crippen molar-refractivity contribution in [1.82, 2.24) is 0 Å². The summed E-state index contributed by atoms with van der Waals surface area (Å²) in [6.45, 7) is 2.89. The maximum Gasteiger partial charge on any atom is 0.269 e. The Bertz CT molecular complexity index is 467. The predicted octanol–water partition coefficient (Wildman–Crippen LogP) is 3.05. The van der Waals surface area contributed by atoms with Gasteiger partial charge in [-0.15, -0.1) is 0 Å². The molecule has 0 aromatic heterocycles. The van der Waals surface area contributed by atoms with E-state index in [2.05, 4.69) is 12.2 Å². The van der Waals surface area contributed by atoms with Crippen LogP contribution in [-0.4, -0.2) is 29.9 Å². The first kappa shape index (κ1) is 14.1. The number of nitro benzene ring substituents is 1. The number of nitro groups is 1. The van der Waals surface area contributed by atoms with Crippen LogP contribution in [0.25, 0.3) is 0 Å². The highest BCUT2D eigenvalue weighted by molar-refractivity contribution is 7.99. The van der Waals surface area contributed by atoms with Gasteiger partial charge in [0.25, 0.3) is 5.69 Å². The zero-order valence-electron chi connectivity index (χ0n) is 11.1. The molecule has 2 atom stereocenters. The number of hydrogen-bond donors (Lipinski definition) is 1. The van der Waals surface area contributed by atoms with Crippen molar-refractivity contribution < 1.29 is 9.66 Å². The van der Waals surface area contributed by atoms with Gasteiger partial charge in [-0.3, -0.25) is 10.1 Å². The third-order valence-electron chi connectivity index (χ3n) is 3.33. The number of thioether (sulfide) groups is 1. The Balaban J connectivity index is 2.09. The summed E-state index contributed by atoms with van der Waals surface area (Å²) in [5, 5.41) is 14.4. The molecular formula is C13H18N2O3S. The second-order valence-corrected chi connectivity index (χ2v) is 5.79. The van der Waals surface area contributed by atoms with Crippen LogP contribution >= 0.6 is 11.8 Å². The van der Waals surface area contributed by atoms with Gasteiger partial charge >= 0.3 is 0 Å². The fraction of sp³-hybridized carbons (Fsp3) is 0.538. The normalized spacial score (nSPS) is 22.4. The van der Waals surface area contributed by atoms with Crippen LogP contribution in [0.5, 0.6) is 0 Å². The molecule has 1 fully saturated rings. The molecule has 2 rings (SSSR count). The van der Waals surface area contributed by atoms with E-state index < -0.39 is 0 Å². The zero-order valence-corrected chi connectivity index (χ0v) is 11.9. The lowest BCUT2D eigenvalue weighted by Gasteiger charge is -2.15. The van der Waals surface area contributed by atoms with Crippen LogP contribution in [0, 0.1) is 10.1 Å². The minimum atomic E-state index is -0.352. The molecule has 0 aliphatic carbocycles. The Kier molecular flexibility index (Phi) is 4.66. The van der Waals surface area contributed by atoms with E-state index in [0.717, 1.165) is 30.0 Å². The van der Waals surface area contributed by atoms with Gasteiger partial charge in [-0.05, 0) is 25.0 Å². The number of anilines is 1. The summed E-state index contributed by atoms with van der Waals surface area (Å²) in [7, 11) is 1.83. The van der Waals surface area contributed by atoms with Crippen LogP contribution in [0.1, 0.15) is 18.9 Å². The minimum absolute atomic E-state index is 0.144. The van der Waals surface area contributed by atoms with Crippen molar-refractivity contribution >= 4 is 23.1 Å². The third-order valence-corrected chi connectivity index (χ3v) is 4.85. The number of ether oxygens (including phenoxy) is 1. The Labute approximate surface area is 116 Å². The van der Waals surface area contributed by atoms with Crippen LogP contribution < -0.4 is 5.32 Å². The van der Waals surface area contributed by atoms with Gasteiger partial charge in [0, 0.05) is 42.5 Å². The highest BCUT2D eigenvalue weighted by Crippen LogP contribution is 2.32. The standard InChI is InChI=1S/C13H18N2O3S/c1-9-13(5-6-18-9)19-8-10-7-11(15(16)17)3-4-12(10)14-2/h3-4,7,9,13-14H,5-6,8H2,1-2H3. The summed E-state index contributed by atoms with van der Waals surface area (Å²) >= 11 is 1.81. The highest BCUT2D eigenvalue weighted by atomic mass is 32.2. The summed E-state index contributed by atoms with van der Waals surface area (Å²) < 4.78 is 5.53. The first-order valence-corrected chi connectivity index (χ1v) is 7.35. The minimum Gasteiger partial charge on any atom is -0.388 e. The van der Waals surface area contributed by atoms with Crippen LogP contribution in [-0.2, 0) is 10.5 Å². The number of non-ortho nitro benzene ring substituents is 1. The molecule has 0 amide bonds. The number of rotatable bonds is 5. The van der Waals surface area contributed by atoms with Crippen molar-refractivity contribution in [1.29, 1.82) is 0 Å². The fourth-order valence-corrected chi connectivity index (χ4v) is 3.43. The second-order valence-electron chi connectivity index (χ2n) is 4.56. The van der Waals surface area contributed by atoms with Crippen LogP contribution in [0.3, 0.4) is 0 Å². The molecule has 104 valence electrons. The van der Waals surface area contributed by atoms with Crippen molar-refractivity contribution in [3.8, 4) is 0 Å². The molecule has 6 heteroatoms. The summed E-state index contributed by atoms with van der Waals surface area (Å²) in [6, 6.07) is 4.95. The monoisotopic (exact) mass is 282 g/mol. The molecule has 0 bridgehead atoms. The van der Waals surface area contributed by atoms with Crippen molar-refractivity contribution in [2.45, 2.75) is 30.5 Å². The van der Waals surface area contributed by atoms with E-state index in [1.165, 1.54) is 6.07 Å². The lowest BCUT2D eigenvalue weighted by molar-refractivity contribution is -0.384. The van der Waals surface area contributed by atoms with Gasteiger partial charge in [0.1, 0.15) is 0 Å². The molecule has 1 aliphatic heterocycles. The molecule has 1 aromatic rings. The van der Waals surface area contributed by atoms with Gasteiger partial charge in [0.2, 0.25) is 0 Å². The summed E-state index contributed by atoms with van der Waals surface area (Å²) in [4.78, 5) is 10.5. The maximum atomic E-state index is 10.8. The first-order chi connectivity index (χ1) is 9.11. The lowest BCUT2D eigenvalue weighted by atomic mass is 10.2. The molecule has 19 heavy (non-hydrogen) atoms. The van der Waals surface area contributed by atoms with E-state index in [0.29, 0.717) is 5.25 Å². The first-order valence-electron chi connectivity index (χ1n) is 6.30. The topological polar surface area (TPSA) is 64.4 Å². The van der Waals surface area contributed by atoms with E-state index >= 15 is 0 Å². The Hall–Kier alpha value is -1.27. The van der Waals surface area contributed by atoms with Gasteiger partial charge in [-0.2, -0.15) is 11.8 Å². The highest BCUT2D eigenvalue weighted by Gasteiger charge is 2.24. The number of hydrogen-bond acceptors (Lipinski definition) is 5. The Morgan fingerprint density at radius 3 is 2.95 bits per heavy atom. The smallest absolute Gasteiger partial charge is 0.269 e. The predicted molar refractivity (Wildman–Crippen MR) is 77.8 cm³/mol. The zero-order chi connectivity index (χ0) is 13.8. The largest absolute Gasteiger partial charge is 0.388 e. The summed E-state index contributed by atoms with van der Waals surface area (Å²) in [5.74, 6) is 0.760. The molecular weight excluding hydrogens is 264 g/mol. The van der Waals surface area contributed by atoms with E-state index in [4.69, 9.17) is 4.74 Å². The summed E-state index contributed by atoms with van der Waals surface area (Å²) in [6.07, 6.45) is 1.32. The van der Waals surface area contributed by atoms with Gasteiger partial charge in [0.15, 0.2) is 0 Å². The molecule has 1 N–H and O–H groups in total. The molecule has 0 spiro atoms. The Morgan fingerprint density at radius 2 is 2.37 bits per heavy atom. The van der Waals surface area contributed by atoms with E-state index in [9.17, 15) is 10.1 Å². The van der Waals surface area contributed by atoms with Crippen molar-refractivity contribution in [3.05, 3.63) is 33.9 Å². The SMILES string of the molecule is CNc1ccc([N+](=O)[O-])cc1CSC1CCOC1C. The summed E-state index contributed by atoms with van der Waals surface area (Å²) in [5.41, 5.74) is 2.07. The fourth-order valence-electron chi connectivity index (χ4n) is 2.18. The molecule has 1 aromatic carbocycles. The molecule has 5 nitrogen and oxygen atoms in total. The quantitative estimate of drug-likeness (QED) is 0.664. The number of benzene rings is 1.